The third-order valence-electron chi connectivity index (χ3n) is 3.14. The van der Waals surface area contributed by atoms with Gasteiger partial charge in [0.15, 0.2) is 0 Å². The Balaban J connectivity index is 2.01. The number of nitrogens with zero attached hydrogens (tertiary/aromatic N) is 1. The zero-order valence-corrected chi connectivity index (χ0v) is 11.1. The number of nitrogens with one attached hydrogen (secondary N) is 1. The van der Waals surface area contributed by atoms with Crippen molar-refractivity contribution in [1.29, 1.82) is 0 Å². The van der Waals surface area contributed by atoms with Crippen molar-refractivity contribution in [3.8, 4) is 0 Å². The molecule has 1 aromatic rings. The minimum absolute atomic E-state index is 0.263. The molecule has 0 saturated carbocycles. The molecule has 6 heteroatoms. The zero-order chi connectivity index (χ0) is 13.0. The highest BCUT2D eigenvalue weighted by molar-refractivity contribution is 7.80. The largest absolute Gasteiger partial charge is 0.389 e. The number of rotatable bonds is 5. The highest BCUT2D eigenvalue weighted by Crippen LogP contribution is 2.22. The van der Waals surface area contributed by atoms with Crippen LogP contribution < -0.4 is 11.1 Å². The first-order valence-corrected chi connectivity index (χ1v) is 6.19. The van der Waals surface area contributed by atoms with E-state index in [1.54, 1.807) is 19.4 Å². The van der Waals surface area contributed by atoms with Gasteiger partial charge in [-0.3, -0.25) is 0 Å². The van der Waals surface area contributed by atoms with Gasteiger partial charge in [-0.05, 0) is 12.1 Å². The fourth-order valence-electron chi connectivity index (χ4n) is 1.89. The standard InChI is InChI=1S/C12H17N3O2S/c1-16-12(3-5-17-8-12)7-15-10-6-9(11(13)18)2-4-14-10/h2,4,6H,3,5,7-8H2,1H3,(H2,13,18)(H,14,15). The maximum atomic E-state index is 5.58. The van der Waals surface area contributed by atoms with Crippen molar-refractivity contribution in [2.45, 2.75) is 12.0 Å². The smallest absolute Gasteiger partial charge is 0.126 e. The van der Waals surface area contributed by atoms with Crippen LogP contribution in [0.2, 0.25) is 0 Å². The summed E-state index contributed by atoms with van der Waals surface area (Å²) in [7, 11) is 1.70. The van der Waals surface area contributed by atoms with E-state index >= 15 is 0 Å². The number of anilines is 1. The van der Waals surface area contributed by atoms with E-state index in [-0.39, 0.29) is 5.60 Å². The molecular weight excluding hydrogens is 250 g/mol. The molecular formula is C12H17N3O2S. The van der Waals surface area contributed by atoms with Crippen molar-refractivity contribution in [3.63, 3.8) is 0 Å². The Bertz CT molecular complexity index is 433. The number of ether oxygens (including phenoxy) is 2. The van der Waals surface area contributed by atoms with E-state index in [0.29, 0.717) is 18.1 Å². The molecule has 1 aliphatic heterocycles. The first-order valence-electron chi connectivity index (χ1n) is 5.78. The first kappa shape index (κ1) is 13.2. The van der Waals surface area contributed by atoms with E-state index in [2.05, 4.69) is 10.3 Å². The van der Waals surface area contributed by atoms with Gasteiger partial charge in [-0.15, -0.1) is 0 Å². The predicted octanol–water partition coefficient (Wildman–Crippen LogP) is 0.933. The minimum Gasteiger partial charge on any atom is -0.389 e. The molecule has 2 heterocycles. The summed E-state index contributed by atoms with van der Waals surface area (Å²) in [5, 5.41) is 3.24. The van der Waals surface area contributed by atoms with Gasteiger partial charge in [-0.1, -0.05) is 12.2 Å². The van der Waals surface area contributed by atoms with Gasteiger partial charge in [0.05, 0.1) is 6.61 Å². The molecule has 18 heavy (non-hydrogen) atoms. The molecule has 1 saturated heterocycles. The lowest BCUT2D eigenvalue weighted by Crippen LogP contribution is -2.39. The first-order chi connectivity index (χ1) is 8.65. The van der Waals surface area contributed by atoms with Gasteiger partial charge in [0.2, 0.25) is 0 Å². The van der Waals surface area contributed by atoms with Crippen LogP contribution >= 0.6 is 12.2 Å². The van der Waals surface area contributed by atoms with Crippen molar-refractivity contribution in [3.05, 3.63) is 23.9 Å². The highest BCUT2D eigenvalue weighted by Gasteiger charge is 2.34. The summed E-state index contributed by atoms with van der Waals surface area (Å²) in [4.78, 5) is 4.59. The molecule has 98 valence electrons. The molecule has 2 rings (SSSR count). The Morgan fingerprint density at radius 3 is 3.17 bits per heavy atom. The molecule has 0 radical (unpaired) electrons. The van der Waals surface area contributed by atoms with Crippen LogP contribution in [0, 0.1) is 0 Å². The second-order valence-corrected chi connectivity index (χ2v) is 4.78. The molecule has 1 aliphatic rings. The van der Waals surface area contributed by atoms with E-state index < -0.39 is 0 Å². The van der Waals surface area contributed by atoms with Crippen LogP contribution in [0.15, 0.2) is 18.3 Å². The molecule has 1 atom stereocenters. The maximum Gasteiger partial charge on any atom is 0.126 e. The summed E-state index contributed by atoms with van der Waals surface area (Å²) >= 11 is 4.94. The molecule has 1 aromatic heterocycles. The molecule has 3 N–H and O–H groups in total. The third-order valence-corrected chi connectivity index (χ3v) is 3.37. The molecule has 1 unspecified atom stereocenters. The Hall–Kier alpha value is -1.24. The van der Waals surface area contributed by atoms with Crippen LogP contribution in [0.4, 0.5) is 5.82 Å². The third kappa shape index (κ3) is 2.95. The van der Waals surface area contributed by atoms with Crippen molar-refractivity contribution in [2.75, 3.05) is 32.2 Å². The second-order valence-electron chi connectivity index (χ2n) is 4.34. The van der Waals surface area contributed by atoms with Gasteiger partial charge >= 0.3 is 0 Å². The van der Waals surface area contributed by atoms with E-state index in [9.17, 15) is 0 Å². The number of hydrogen-bond donors (Lipinski definition) is 2. The summed E-state index contributed by atoms with van der Waals surface area (Å²) < 4.78 is 10.9. The lowest BCUT2D eigenvalue weighted by molar-refractivity contribution is -0.00625. The number of methoxy groups -OCH3 is 1. The van der Waals surface area contributed by atoms with Gasteiger partial charge in [-0.2, -0.15) is 0 Å². The van der Waals surface area contributed by atoms with Crippen LogP contribution in [0.3, 0.4) is 0 Å². The fourth-order valence-corrected chi connectivity index (χ4v) is 2.02. The minimum atomic E-state index is -0.263. The quantitative estimate of drug-likeness (QED) is 0.774. The number of hydrogen-bond acceptors (Lipinski definition) is 5. The van der Waals surface area contributed by atoms with Gasteiger partial charge < -0.3 is 20.5 Å². The number of pyridine rings is 1. The Morgan fingerprint density at radius 1 is 1.72 bits per heavy atom. The normalized spacial score (nSPS) is 22.9. The monoisotopic (exact) mass is 267 g/mol. The van der Waals surface area contributed by atoms with Crippen molar-refractivity contribution < 1.29 is 9.47 Å². The summed E-state index contributed by atoms with van der Waals surface area (Å²) in [5.74, 6) is 0.739. The summed E-state index contributed by atoms with van der Waals surface area (Å²) in [6, 6.07) is 3.62. The van der Waals surface area contributed by atoms with Crippen molar-refractivity contribution in [1.82, 2.24) is 4.98 Å². The Labute approximate surface area is 112 Å². The average Bonchev–Trinajstić information content (AvgIpc) is 2.86. The second kappa shape index (κ2) is 5.60. The zero-order valence-electron chi connectivity index (χ0n) is 10.3. The average molecular weight is 267 g/mol. The fraction of sp³-hybridized carbons (Fsp3) is 0.500. The van der Waals surface area contributed by atoms with Gasteiger partial charge in [0.25, 0.3) is 0 Å². The van der Waals surface area contributed by atoms with Crippen LogP contribution in [-0.4, -0.2) is 42.4 Å². The van der Waals surface area contributed by atoms with Gasteiger partial charge in [0.1, 0.15) is 16.4 Å². The van der Waals surface area contributed by atoms with Crippen LogP contribution in [0.25, 0.3) is 0 Å². The summed E-state index contributed by atoms with van der Waals surface area (Å²) in [6.07, 6.45) is 2.56. The molecule has 0 aliphatic carbocycles. The predicted molar refractivity (Wildman–Crippen MR) is 73.8 cm³/mol. The summed E-state index contributed by atoms with van der Waals surface area (Å²) in [5.41, 5.74) is 6.12. The van der Waals surface area contributed by atoms with Gasteiger partial charge in [-0.25, -0.2) is 4.98 Å². The molecule has 1 fully saturated rings. The van der Waals surface area contributed by atoms with E-state index in [1.165, 1.54) is 0 Å². The van der Waals surface area contributed by atoms with Crippen molar-refractivity contribution >= 4 is 23.0 Å². The molecule has 0 aromatic carbocycles. The summed E-state index contributed by atoms with van der Waals surface area (Å²) in [6.45, 7) is 1.98. The highest BCUT2D eigenvalue weighted by atomic mass is 32.1. The maximum absolute atomic E-state index is 5.58. The Morgan fingerprint density at radius 2 is 2.56 bits per heavy atom. The van der Waals surface area contributed by atoms with E-state index in [0.717, 1.165) is 24.4 Å². The van der Waals surface area contributed by atoms with E-state index in [4.69, 9.17) is 27.4 Å². The van der Waals surface area contributed by atoms with Crippen LogP contribution in [-0.2, 0) is 9.47 Å². The van der Waals surface area contributed by atoms with Crippen LogP contribution in [0.5, 0.6) is 0 Å². The van der Waals surface area contributed by atoms with E-state index in [1.807, 2.05) is 6.07 Å². The SMILES string of the molecule is COC1(CNc2cc(C(N)=S)ccn2)CCOC1. The molecule has 0 bridgehead atoms. The van der Waals surface area contributed by atoms with Gasteiger partial charge in [0, 0.05) is 38.4 Å². The molecule has 0 amide bonds. The van der Waals surface area contributed by atoms with Crippen molar-refractivity contribution in [2.24, 2.45) is 5.73 Å². The number of nitrogens with two attached hydrogens (primary N) is 1. The van der Waals surface area contributed by atoms with Crippen LogP contribution in [0.1, 0.15) is 12.0 Å². The lowest BCUT2D eigenvalue weighted by Gasteiger charge is -2.26. The number of thiocarbonyl (C=S) groups is 1. The molecule has 5 nitrogen and oxygen atoms in total. The number of aromatic nitrogens is 1. The molecule has 0 spiro atoms. The Kier molecular flexibility index (Phi) is 4.11. The topological polar surface area (TPSA) is 69.4 Å². The lowest BCUT2D eigenvalue weighted by atomic mass is 10.0.